The van der Waals surface area contributed by atoms with Gasteiger partial charge in [-0.15, -0.1) is 0 Å². The van der Waals surface area contributed by atoms with Crippen molar-refractivity contribution in [3.63, 3.8) is 0 Å². The molecule has 2 rings (SSSR count). The number of ether oxygens (including phenoxy) is 1. The lowest BCUT2D eigenvalue weighted by atomic mass is 10.3. The van der Waals surface area contributed by atoms with Gasteiger partial charge in [0.15, 0.2) is 0 Å². The Labute approximate surface area is 116 Å². The number of anilines is 1. The Kier molecular flexibility index (Phi) is 3.71. The molecule has 0 saturated carbocycles. The van der Waals surface area contributed by atoms with E-state index in [0.29, 0.717) is 26.2 Å². The van der Waals surface area contributed by atoms with Crippen molar-refractivity contribution in [1.29, 1.82) is 0 Å². The molecule has 0 atom stereocenters. The highest BCUT2D eigenvalue weighted by Gasteiger charge is 2.07. The van der Waals surface area contributed by atoms with Crippen LogP contribution < -0.4 is 10.5 Å². The molecule has 0 spiro atoms. The van der Waals surface area contributed by atoms with Crippen molar-refractivity contribution < 1.29 is 4.74 Å². The number of rotatable bonds is 2. The van der Waals surface area contributed by atoms with E-state index in [4.69, 9.17) is 33.7 Å². The fourth-order valence-electron chi connectivity index (χ4n) is 1.12. The maximum Gasteiger partial charge on any atom is 0.325 e. The summed E-state index contributed by atoms with van der Waals surface area (Å²) < 4.78 is 5.94. The normalized spacial score (nSPS) is 10.3. The summed E-state index contributed by atoms with van der Waals surface area (Å²) in [5, 5.41) is 0.900. The number of halogens is 3. The fourth-order valence-corrected chi connectivity index (χ4v) is 1.95. The molecule has 0 amide bonds. The Hall–Kier alpha value is -1.04. The van der Waals surface area contributed by atoms with E-state index in [1.165, 1.54) is 0 Å². The predicted octanol–water partition coefficient (Wildman–Crippen LogP) is 3.92. The average molecular weight is 335 g/mol. The zero-order chi connectivity index (χ0) is 12.4. The zero-order valence-electron chi connectivity index (χ0n) is 8.32. The largest absolute Gasteiger partial charge is 0.423 e. The number of hydrogen-bond acceptors (Lipinski definition) is 4. The van der Waals surface area contributed by atoms with E-state index in [9.17, 15) is 0 Å². The maximum atomic E-state index is 5.95. The summed E-state index contributed by atoms with van der Waals surface area (Å²) >= 11 is 14.9. The fraction of sp³-hybridized carbons (Fsp3) is 0. The first kappa shape index (κ1) is 12.4. The van der Waals surface area contributed by atoms with Crippen molar-refractivity contribution in [3.05, 3.63) is 38.9 Å². The third kappa shape index (κ3) is 3.21. The lowest BCUT2D eigenvalue weighted by molar-refractivity contribution is 0.442. The van der Waals surface area contributed by atoms with Crippen LogP contribution >= 0.6 is 39.1 Å². The summed E-state index contributed by atoms with van der Waals surface area (Å²) in [6.45, 7) is 0. The molecule has 0 fully saturated rings. The van der Waals surface area contributed by atoms with E-state index >= 15 is 0 Å². The van der Waals surface area contributed by atoms with Gasteiger partial charge in [-0.2, -0.15) is 9.97 Å². The summed E-state index contributed by atoms with van der Waals surface area (Å²) in [5.74, 6) is 0.709. The molecule has 1 heterocycles. The molecule has 7 heteroatoms. The smallest absolute Gasteiger partial charge is 0.325 e. The summed E-state index contributed by atoms with van der Waals surface area (Å²) in [6, 6.07) is 6.53. The Morgan fingerprint density at radius 2 is 1.94 bits per heavy atom. The van der Waals surface area contributed by atoms with Gasteiger partial charge in [0.2, 0.25) is 0 Å². The molecule has 1 aromatic heterocycles. The standard InChI is InChI=1S/C10H6BrCl2N3O/c11-8-4-9(14)16-10(15-8)17-7-2-1-5(12)3-6(7)13/h1-4H,(H2,14,15,16). The molecule has 4 nitrogen and oxygen atoms in total. The molecule has 2 aromatic rings. The second kappa shape index (κ2) is 5.08. The number of nitrogens with zero attached hydrogens (tertiary/aromatic N) is 2. The summed E-state index contributed by atoms with van der Waals surface area (Å²) in [7, 11) is 0. The van der Waals surface area contributed by atoms with Gasteiger partial charge in [0.25, 0.3) is 0 Å². The van der Waals surface area contributed by atoms with Gasteiger partial charge in [-0.05, 0) is 34.1 Å². The van der Waals surface area contributed by atoms with Crippen molar-refractivity contribution in [2.24, 2.45) is 0 Å². The number of benzene rings is 1. The first-order chi connectivity index (χ1) is 8.04. The predicted molar refractivity (Wildman–Crippen MR) is 70.7 cm³/mol. The highest BCUT2D eigenvalue weighted by atomic mass is 79.9. The molecule has 2 N–H and O–H groups in total. The number of aromatic nitrogens is 2. The molecule has 0 aliphatic carbocycles. The second-order valence-electron chi connectivity index (χ2n) is 3.07. The highest BCUT2D eigenvalue weighted by Crippen LogP contribution is 2.30. The van der Waals surface area contributed by atoms with E-state index < -0.39 is 0 Å². The van der Waals surface area contributed by atoms with Crippen molar-refractivity contribution in [3.8, 4) is 11.8 Å². The van der Waals surface area contributed by atoms with Gasteiger partial charge in [-0.25, -0.2) is 0 Å². The molecule has 1 aromatic carbocycles. The number of hydrogen-bond donors (Lipinski definition) is 1. The van der Waals surface area contributed by atoms with Crippen molar-refractivity contribution >= 4 is 44.9 Å². The third-order valence-electron chi connectivity index (χ3n) is 1.79. The van der Waals surface area contributed by atoms with Crippen LogP contribution in [0.25, 0.3) is 0 Å². The molecule has 88 valence electrons. The lowest BCUT2D eigenvalue weighted by Crippen LogP contribution is -1.97. The van der Waals surface area contributed by atoms with Crippen LogP contribution in [0, 0.1) is 0 Å². The molecule has 0 unspecified atom stereocenters. The summed E-state index contributed by atoms with van der Waals surface area (Å²) in [4.78, 5) is 7.92. The van der Waals surface area contributed by atoms with Gasteiger partial charge in [0.1, 0.15) is 16.2 Å². The van der Waals surface area contributed by atoms with Gasteiger partial charge in [0, 0.05) is 11.1 Å². The van der Waals surface area contributed by atoms with Crippen LogP contribution in [0.1, 0.15) is 0 Å². The molecule has 0 radical (unpaired) electrons. The number of nitrogen functional groups attached to an aromatic ring is 1. The van der Waals surface area contributed by atoms with E-state index in [0.717, 1.165) is 0 Å². The minimum absolute atomic E-state index is 0.112. The Morgan fingerprint density at radius 3 is 2.59 bits per heavy atom. The van der Waals surface area contributed by atoms with Crippen LogP contribution in [0.15, 0.2) is 28.9 Å². The van der Waals surface area contributed by atoms with Gasteiger partial charge >= 0.3 is 6.01 Å². The summed E-state index contributed by atoms with van der Waals surface area (Å²) in [5.41, 5.74) is 5.56. The highest BCUT2D eigenvalue weighted by molar-refractivity contribution is 9.10. The van der Waals surface area contributed by atoms with E-state index in [1.54, 1.807) is 24.3 Å². The molecular weight excluding hydrogens is 329 g/mol. The minimum atomic E-state index is 0.112. The zero-order valence-corrected chi connectivity index (χ0v) is 11.4. The minimum Gasteiger partial charge on any atom is -0.423 e. The van der Waals surface area contributed by atoms with Crippen LogP contribution in [-0.2, 0) is 0 Å². The van der Waals surface area contributed by atoms with Gasteiger partial charge in [-0.3, -0.25) is 0 Å². The molecule has 0 saturated heterocycles. The van der Waals surface area contributed by atoms with E-state index in [1.807, 2.05) is 0 Å². The first-order valence-electron chi connectivity index (χ1n) is 4.47. The third-order valence-corrected chi connectivity index (χ3v) is 2.73. The quantitative estimate of drug-likeness (QED) is 0.845. The second-order valence-corrected chi connectivity index (χ2v) is 4.73. The van der Waals surface area contributed by atoms with Crippen molar-refractivity contribution in [1.82, 2.24) is 9.97 Å². The van der Waals surface area contributed by atoms with Crippen LogP contribution in [0.4, 0.5) is 5.82 Å². The summed E-state index contributed by atoms with van der Waals surface area (Å²) in [6.07, 6.45) is 0. The Bertz CT molecular complexity index is 545. The monoisotopic (exact) mass is 333 g/mol. The molecule has 17 heavy (non-hydrogen) atoms. The lowest BCUT2D eigenvalue weighted by Gasteiger charge is -2.06. The molecular formula is C10H6BrCl2N3O. The molecule has 0 aliphatic heterocycles. The Balaban J connectivity index is 2.31. The van der Waals surface area contributed by atoms with Crippen LogP contribution in [0.3, 0.4) is 0 Å². The van der Waals surface area contributed by atoms with Crippen molar-refractivity contribution in [2.75, 3.05) is 5.73 Å². The molecule has 0 aliphatic rings. The Morgan fingerprint density at radius 1 is 1.18 bits per heavy atom. The van der Waals surface area contributed by atoms with Crippen molar-refractivity contribution in [2.45, 2.75) is 0 Å². The average Bonchev–Trinajstić information content (AvgIpc) is 2.21. The van der Waals surface area contributed by atoms with Gasteiger partial charge < -0.3 is 10.5 Å². The van der Waals surface area contributed by atoms with E-state index in [2.05, 4.69) is 25.9 Å². The molecule has 0 bridgehead atoms. The van der Waals surface area contributed by atoms with E-state index in [-0.39, 0.29) is 6.01 Å². The number of nitrogens with two attached hydrogens (primary N) is 1. The first-order valence-corrected chi connectivity index (χ1v) is 6.02. The van der Waals surface area contributed by atoms with Gasteiger partial charge in [0.05, 0.1) is 5.02 Å². The van der Waals surface area contributed by atoms with Gasteiger partial charge in [-0.1, -0.05) is 23.2 Å². The van der Waals surface area contributed by atoms with Crippen LogP contribution in [0.5, 0.6) is 11.8 Å². The topological polar surface area (TPSA) is 61.0 Å². The van der Waals surface area contributed by atoms with Crippen LogP contribution in [0.2, 0.25) is 10.0 Å². The van der Waals surface area contributed by atoms with Crippen LogP contribution in [-0.4, -0.2) is 9.97 Å². The maximum absolute atomic E-state index is 5.95. The SMILES string of the molecule is Nc1cc(Br)nc(Oc2ccc(Cl)cc2Cl)n1.